The molecule has 0 rings (SSSR count). The molecule has 0 unspecified atom stereocenters. The minimum atomic E-state index is 1.17. The summed E-state index contributed by atoms with van der Waals surface area (Å²) in [6.45, 7) is 0. The summed E-state index contributed by atoms with van der Waals surface area (Å²) in [4.78, 5) is 0. The fourth-order valence-corrected chi connectivity index (χ4v) is 0. The van der Waals surface area contributed by atoms with Gasteiger partial charge in [0.05, 0.1) is 0 Å². The van der Waals surface area contributed by atoms with Crippen LogP contribution in [0.5, 0.6) is 0 Å². The normalized spacial score (nSPS) is 1.50. The average molecular weight is 69.8 g/mol. The van der Waals surface area contributed by atoms with Crippen molar-refractivity contribution in [2.24, 2.45) is 0 Å². The Kier molecular flexibility index (Phi) is 880. The Balaban J connectivity index is 0. The van der Waals surface area contributed by atoms with E-state index in [1.807, 2.05) is 0 Å². The van der Waals surface area contributed by atoms with Gasteiger partial charge in [-0.3, -0.25) is 0 Å². The third-order valence-electron chi connectivity index (χ3n) is 0. The van der Waals surface area contributed by atoms with Crippen molar-refractivity contribution < 1.29 is 8.51 Å². The molecule has 0 saturated heterocycles. The molecule has 0 aromatic rings. The van der Waals surface area contributed by atoms with Crippen molar-refractivity contribution >= 4 is 23.9 Å². The van der Waals surface area contributed by atoms with Crippen LogP contribution >= 0.6 is 0 Å². The summed E-state index contributed by atoms with van der Waals surface area (Å²) in [6.07, 6.45) is 0. The second-order valence-electron chi connectivity index (χ2n) is 0. The van der Waals surface area contributed by atoms with Crippen LogP contribution in [0.25, 0.3) is 0 Å². The molecule has 0 heterocycles. The van der Waals surface area contributed by atoms with E-state index in [0.29, 0.717) is 0 Å². The summed E-state index contributed by atoms with van der Waals surface area (Å²) < 4.78 is 15.9. The predicted octanol–water partition coefficient (Wildman–Crippen LogP) is -0.999. The fraction of sp³-hybridized carbons (Fsp3) is 0. The number of rotatable bonds is 0. The Morgan fingerprint density at radius 2 is 1.25 bits per heavy atom. The van der Waals surface area contributed by atoms with Gasteiger partial charge in [0.15, 0.2) is 0 Å². The van der Waals surface area contributed by atoms with Crippen molar-refractivity contribution in [1.82, 2.24) is 0 Å². The van der Waals surface area contributed by atoms with Crippen LogP contribution in [-0.4, -0.2) is 23.9 Å². The molecule has 0 amide bonds. The van der Waals surface area contributed by atoms with Gasteiger partial charge in [0.2, 0.25) is 0 Å². The van der Waals surface area contributed by atoms with E-state index in [-0.39, 0.29) is 0 Å². The monoisotopic (exact) mass is 70.0 g/mol. The molecule has 0 N–H and O–H groups in total. The van der Waals surface area contributed by atoms with Gasteiger partial charge in [0.1, 0.15) is 0 Å². The maximum absolute atomic E-state index is 8.17. The van der Waals surface area contributed by atoms with Crippen LogP contribution in [0, 0.1) is 0 Å². The van der Waals surface area contributed by atoms with Gasteiger partial charge in [-0.2, -0.15) is 0 Å². The van der Waals surface area contributed by atoms with Crippen LogP contribution < -0.4 is 0 Å². The SMILES string of the molecule is [B]=O.[O]=[Al]. The molecule has 0 aliphatic rings. The number of hydrogen-bond donors (Lipinski definition) is 0. The van der Waals surface area contributed by atoms with E-state index >= 15 is 0 Å². The molecule has 2 nitrogen and oxygen atoms in total. The molecular formula is AlBO2. The second-order valence-corrected chi connectivity index (χ2v) is 0. The summed E-state index contributed by atoms with van der Waals surface area (Å²) >= 11 is 1.17. The molecule has 0 saturated carbocycles. The van der Waals surface area contributed by atoms with E-state index in [9.17, 15) is 0 Å². The topological polar surface area (TPSA) is 34.1 Å². The molecule has 0 atom stereocenters. The van der Waals surface area contributed by atoms with Gasteiger partial charge >= 0.3 is 32.4 Å². The quantitative estimate of drug-likeness (QED) is 0.342. The van der Waals surface area contributed by atoms with Gasteiger partial charge in [0.25, 0.3) is 0 Å². The van der Waals surface area contributed by atoms with Gasteiger partial charge in [-0.25, -0.2) is 0 Å². The summed E-state index contributed by atoms with van der Waals surface area (Å²) in [5.41, 5.74) is 0. The molecule has 0 spiro atoms. The van der Waals surface area contributed by atoms with Crippen molar-refractivity contribution in [2.75, 3.05) is 0 Å². The fourth-order valence-electron chi connectivity index (χ4n) is 0. The molecule has 2 radical (unpaired) electrons. The van der Waals surface area contributed by atoms with E-state index in [1.54, 1.807) is 0 Å². The number of hydrogen-bond acceptors (Lipinski definition) is 2. The van der Waals surface area contributed by atoms with Crippen LogP contribution in [0.3, 0.4) is 0 Å². The molecule has 4 heavy (non-hydrogen) atoms. The molecule has 4 heteroatoms. The van der Waals surface area contributed by atoms with Crippen LogP contribution in [0.15, 0.2) is 0 Å². The second kappa shape index (κ2) is 396. The summed E-state index contributed by atoms with van der Waals surface area (Å²) in [5, 5.41) is 0. The van der Waals surface area contributed by atoms with Gasteiger partial charge in [-0.15, -0.1) is 0 Å². The molecule has 0 bridgehead atoms. The first-order valence-electron chi connectivity index (χ1n) is 0.471. The summed E-state index contributed by atoms with van der Waals surface area (Å²) in [7, 11) is 3.25. The zero-order valence-electron chi connectivity index (χ0n) is 1.97. The van der Waals surface area contributed by atoms with Gasteiger partial charge in [-0.05, 0) is 0 Å². The van der Waals surface area contributed by atoms with Crippen molar-refractivity contribution in [3.8, 4) is 0 Å². The summed E-state index contributed by atoms with van der Waals surface area (Å²) in [5.74, 6) is 0. The van der Waals surface area contributed by atoms with E-state index in [4.69, 9.17) is 8.51 Å². The first kappa shape index (κ1) is 8.89. The maximum atomic E-state index is 8.17. The van der Waals surface area contributed by atoms with Gasteiger partial charge in [-0.1, -0.05) is 0 Å². The average Bonchev–Trinajstić information content (AvgIpc) is 1.50. The summed E-state index contributed by atoms with van der Waals surface area (Å²) in [6, 6.07) is 0. The van der Waals surface area contributed by atoms with Crippen molar-refractivity contribution in [1.29, 1.82) is 0 Å². The first-order valence-corrected chi connectivity index (χ1v) is 0.943. The minimum absolute atomic E-state index is 1.17. The third kappa shape index (κ3) is 80.9. The van der Waals surface area contributed by atoms with Crippen LogP contribution in [0.1, 0.15) is 0 Å². The van der Waals surface area contributed by atoms with Gasteiger partial charge < -0.3 is 0 Å². The van der Waals surface area contributed by atoms with Gasteiger partial charge in [0, 0.05) is 0 Å². The van der Waals surface area contributed by atoms with Crippen LogP contribution in [0.4, 0.5) is 0 Å². The van der Waals surface area contributed by atoms with E-state index in [1.165, 1.54) is 16.2 Å². The molecule has 0 fully saturated rings. The molecule has 0 aliphatic heterocycles. The predicted molar refractivity (Wildman–Crippen MR) is 12.9 cm³/mol. The van der Waals surface area contributed by atoms with Crippen molar-refractivity contribution in [3.63, 3.8) is 0 Å². The Morgan fingerprint density at radius 1 is 1.25 bits per heavy atom. The van der Waals surface area contributed by atoms with Crippen LogP contribution in [0.2, 0.25) is 0 Å². The molecule has 18 valence electrons. The molecule has 0 aromatic carbocycles. The standard InChI is InChI=1S/Al.BO.O/c;1-2;. The Hall–Kier alpha value is 0.197. The van der Waals surface area contributed by atoms with Crippen molar-refractivity contribution in [3.05, 3.63) is 0 Å². The zero-order valence-corrected chi connectivity index (χ0v) is 3.13. The Bertz CT molecular complexity index is 8.00. The zero-order chi connectivity index (χ0) is 4.00. The Morgan fingerprint density at radius 3 is 1.25 bits per heavy atom. The Labute approximate surface area is 33.2 Å². The first-order chi connectivity index (χ1) is 2.00. The van der Waals surface area contributed by atoms with Crippen LogP contribution in [-0.2, 0) is 8.51 Å². The molecule has 0 aromatic heterocycles. The van der Waals surface area contributed by atoms with E-state index in [0.717, 1.165) is 0 Å². The molecular weight excluding hydrogens is 69.8 g/mol. The molecule has 0 aliphatic carbocycles. The van der Waals surface area contributed by atoms with E-state index < -0.39 is 0 Å². The third-order valence-corrected chi connectivity index (χ3v) is 0. The van der Waals surface area contributed by atoms with E-state index in [2.05, 4.69) is 7.72 Å². The van der Waals surface area contributed by atoms with Crippen molar-refractivity contribution in [2.45, 2.75) is 0 Å².